The standard InChI is InChI=1S/C20H18ClFN2OS/c1-12(2)24-19(25)18(11-15-16(21)5-4-6-17(15)22)26-20(24)23-14-9-7-13(3)8-10-14/h4-12H,1-3H3/b18-11+,23-20?. The van der Waals surface area contributed by atoms with E-state index in [2.05, 4.69) is 4.99 Å². The van der Waals surface area contributed by atoms with E-state index >= 15 is 0 Å². The van der Waals surface area contributed by atoms with Gasteiger partial charge in [-0.15, -0.1) is 0 Å². The molecule has 3 nitrogen and oxygen atoms in total. The number of amidine groups is 1. The minimum absolute atomic E-state index is 0.0683. The Morgan fingerprint density at radius 1 is 1.19 bits per heavy atom. The molecule has 6 heteroatoms. The summed E-state index contributed by atoms with van der Waals surface area (Å²) in [4.78, 5) is 19.4. The molecule has 0 aromatic heterocycles. The van der Waals surface area contributed by atoms with Crippen LogP contribution in [0.25, 0.3) is 6.08 Å². The van der Waals surface area contributed by atoms with Gasteiger partial charge in [0.15, 0.2) is 5.17 Å². The summed E-state index contributed by atoms with van der Waals surface area (Å²) in [5.41, 5.74) is 2.12. The van der Waals surface area contributed by atoms with Crippen molar-refractivity contribution in [2.45, 2.75) is 26.8 Å². The van der Waals surface area contributed by atoms with E-state index in [4.69, 9.17) is 11.6 Å². The van der Waals surface area contributed by atoms with Crippen molar-refractivity contribution in [2.75, 3.05) is 0 Å². The summed E-state index contributed by atoms with van der Waals surface area (Å²) in [6, 6.07) is 12.1. The van der Waals surface area contributed by atoms with Crippen LogP contribution in [-0.4, -0.2) is 22.0 Å². The Morgan fingerprint density at radius 2 is 1.88 bits per heavy atom. The fourth-order valence-corrected chi connectivity index (χ4v) is 3.85. The maximum atomic E-state index is 14.1. The van der Waals surface area contributed by atoms with E-state index in [0.717, 1.165) is 11.3 Å². The van der Waals surface area contributed by atoms with E-state index in [-0.39, 0.29) is 22.5 Å². The molecular formula is C20H18ClFN2OS. The topological polar surface area (TPSA) is 32.7 Å². The molecule has 1 aliphatic rings. The number of amides is 1. The summed E-state index contributed by atoms with van der Waals surface area (Å²) >= 11 is 7.32. The van der Waals surface area contributed by atoms with E-state index in [1.54, 1.807) is 11.0 Å². The van der Waals surface area contributed by atoms with Gasteiger partial charge >= 0.3 is 0 Å². The summed E-state index contributed by atoms with van der Waals surface area (Å²) in [6.45, 7) is 5.84. The lowest BCUT2D eigenvalue weighted by molar-refractivity contribution is -0.123. The molecule has 0 saturated carbocycles. The van der Waals surface area contributed by atoms with Crippen LogP contribution in [0, 0.1) is 12.7 Å². The van der Waals surface area contributed by atoms with Crippen molar-refractivity contribution in [1.29, 1.82) is 0 Å². The van der Waals surface area contributed by atoms with Crippen LogP contribution in [-0.2, 0) is 4.79 Å². The number of benzene rings is 2. The second kappa shape index (κ2) is 7.64. The summed E-state index contributed by atoms with van der Waals surface area (Å²) in [5.74, 6) is -0.659. The zero-order chi connectivity index (χ0) is 18.8. The van der Waals surface area contributed by atoms with Crippen molar-refractivity contribution in [1.82, 2.24) is 4.90 Å². The van der Waals surface area contributed by atoms with Crippen molar-refractivity contribution in [3.05, 3.63) is 69.3 Å². The summed E-state index contributed by atoms with van der Waals surface area (Å²) < 4.78 is 14.1. The molecule has 0 radical (unpaired) electrons. The predicted octanol–water partition coefficient (Wildman–Crippen LogP) is 5.80. The number of thioether (sulfide) groups is 1. The van der Waals surface area contributed by atoms with Gasteiger partial charge < -0.3 is 0 Å². The van der Waals surface area contributed by atoms with Crippen LogP contribution in [0.15, 0.2) is 52.4 Å². The van der Waals surface area contributed by atoms with Gasteiger partial charge in [-0.25, -0.2) is 9.38 Å². The number of aliphatic imine (C=N–C) groups is 1. The lowest BCUT2D eigenvalue weighted by atomic mass is 10.2. The minimum Gasteiger partial charge on any atom is -0.284 e. The van der Waals surface area contributed by atoms with Crippen LogP contribution in [0.2, 0.25) is 5.02 Å². The number of rotatable bonds is 3. The number of halogens is 2. The zero-order valence-electron chi connectivity index (χ0n) is 14.7. The highest BCUT2D eigenvalue weighted by atomic mass is 35.5. The van der Waals surface area contributed by atoms with E-state index in [0.29, 0.717) is 10.1 Å². The van der Waals surface area contributed by atoms with E-state index in [1.165, 1.54) is 30.0 Å². The van der Waals surface area contributed by atoms with Crippen LogP contribution >= 0.6 is 23.4 Å². The molecule has 2 aromatic rings. The van der Waals surface area contributed by atoms with Gasteiger partial charge in [-0.2, -0.15) is 0 Å². The lowest BCUT2D eigenvalue weighted by Crippen LogP contribution is -2.35. The maximum absolute atomic E-state index is 14.1. The van der Waals surface area contributed by atoms with Gasteiger partial charge in [0.05, 0.1) is 15.6 Å². The van der Waals surface area contributed by atoms with Gasteiger partial charge in [0.25, 0.3) is 5.91 Å². The Hall–Kier alpha value is -2.11. The molecule has 0 unspecified atom stereocenters. The molecule has 1 aliphatic heterocycles. The molecule has 0 bridgehead atoms. The van der Waals surface area contributed by atoms with Crippen LogP contribution in [0.4, 0.5) is 10.1 Å². The second-order valence-electron chi connectivity index (χ2n) is 6.24. The molecule has 0 atom stereocenters. The van der Waals surface area contributed by atoms with Gasteiger partial charge in [-0.3, -0.25) is 9.69 Å². The fraction of sp³-hybridized carbons (Fsp3) is 0.200. The van der Waals surface area contributed by atoms with Gasteiger partial charge in [-0.1, -0.05) is 35.4 Å². The maximum Gasteiger partial charge on any atom is 0.266 e. The molecule has 1 heterocycles. The number of aryl methyl sites for hydroxylation is 1. The Morgan fingerprint density at radius 3 is 2.50 bits per heavy atom. The third-order valence-electron chi connectivity index (χ3n) is 3.89. The minimum atomic E-state index is -0.460. The van der Waals surface area contributed by atoms with Gasteiger partial charge in [-0.05, 0) is 62.9 Å². The number of carbonyl (C=O) groups is 1. The Labute approximate surface area is 161 Å². The quantitative estimate of drug-likeness (QED) is 0.622. The molecular weight excluding hydrogens is 371 g/mol. The molecule has 0 N–H and O–H groups in total. The van der Waals surface area contributed by atoms with Crippen LogP contribution in [0.3, 0.4) is 0 Å². The monoisotopic (exact) mass is 388 g/mol. The van der Waals surface area contributed by atoms with Crippen LogP contribution in [0.1, 0.15) is 25.0 Å². The van der Waals surface area contributed by atoms with Crippen LogP contribution in [0.5, 0.6) is 0 Å². The summed E-state index contributed by atoms with van der Waals surface area (Å²) in [6.07, 6.45) is 1.50. The van der Waals surface area contributed by atoms with Gasteiger partial charge in [0.2, 0.25) is 0 Å². The largest absolute Gasteiger partial charge is 0.284 e. The predicted molar refractivity (Wildman–Crippen MR) is 107 cm³/mol. The Kier molecular flexibility index (Phi) is 5.49. The van der Waals surface area contributed by atoms with E-state index in [1.807, 2.05) is 45.0 Å². The Balaban J connectivity index is 2.01. The normalized spacial score (nSPS) is 17.8. The molecule has 0 spiro atoms. The van der Waals surface area contributed by atoms with Crippen molar-refractivity contribution >= 4 is 46.2 Å². The fourth-order valence-electron chi connectivity index (χ4n) is 2.53. The first-order valence-corrected chi connectivity index (χ1v) is 9.38. The van der Waals surface area contributed by atoms with Gasteiger partial charge in [0.1, 0.15) is 5.82 Å². The molecule has 134 valence electrons. The molecule has 3 rings (SSSR count). The third-order valence-corrected chi connectivity index (χ3v) is 5.20. The molecule has 0 aliphatic carbocycles. The average molecular weight is 389 g/mol. The van der Waals surface area contributed by atoms with Crippen LogP contribution < -0.4 is 0 Å². The molecule has 1 amide bonds. The Bertz CT molecular complexity index is 886. The highest BCUT2D eigenvalue weighted by Gasteiger charge is 2.35. The third kappa shape index (κ3) is 3.84. The van der Waals surface area contributed by atoms with Crippen molar-refractivity contribution in [3.63, 3.8) is 0 Å². The van der Waals surface area contributed by atoms with E-state index in [9.17, 15) is 9.18 Å². The highest BCUT2D eigenvalue weighted by Crippen LogP contribution is 2.36. The zero-order valence-corrected chi connectivity index (χ0v) is 16.2. The van der Waals surface area contributed by atoms with Gasteiger partial charge in [0, 0.05) is 11.6 Å². The number of hydrogen-bond acceptors (Lipinski definition) is 3. The highest BCUT2D eigenvalue weighted by molar-refractivity contribution is 8.18. The number of nitrogens with zero attached hydrogens (tertiary/aromatic N) is 2. The molecule has 26 heavy (non-hydrogen) atoms. The second-order valence-corrected chi connectivity index (χ2v) is 7.66. The first-order chi connectivity index (χ1) is 12.4. The number of carbonyl (C=O) groups excluding carboxylic acids is 1. The number of hydrogen-bond donors (Lipinski definition) is 0. The summed E-state index contributed by atoms with van der Waals surface area (Å²) in [7, 11) is 0. The first-order valence-electron chi connectivity index (χ1n) is 8.19. The first kappa shape index (κ1) is 18.7. The SMILES string of the molecule is Cc1ccc(N=C2S/C(=C/c3c(F)cccc3Cl)C(=O)N2C(C)C)cc1. The molecule has 2 aromatic carbocycles. The summed E-state index contributed by atoms with van der Waals surface area (Å²) in [5, 5.41) is 0.846. The lowest BCUT2D eigenvalue weighted by Gasteiger charge is -2.19. The van der Waals surface area contributed by atoms with Crippen molar-refractivity contribution < 1.29 is 9.18 Å². The van der Waals surface area contributed by atoms with Crippen molar-refractivity contribution in [2.24, 2.45) is 4.99 Å². The van der Waals surface area contributed by atoms with Crippen molar-refractivity contribution in [3.8, 4) is 0 Å². The molecule has 1 fully saturated rings. The smallest absolute Gasteiger partial charge is 0.266 e. The average Bonchev–Trinajstić information content (AvgIpc) is 2.89. The van der Waals surface area contributed by atoms with E-state index < -0.39 is 5.82 Å². The molecule has 1 saturated heterocycles.